The highest BCUT2D eigenvalue weighted by Gasteiger charge is 2.16. The molecule has 0 saturated heterocycles. The Labute approximate surface area is 392 Å². The maximum atomic E-state index is 12.3. The largest absolute Gasteiger partial charge is 0.462 e. The van der Waals surface area contributed by atoms with E-state index >= 15 is 0 Å². The highest BCUT2D eigenvalue weighted by atomic mass is 16.6. The lowest BCUT2D eigenvalue weighted by molar-refractivity contribution is -0.161. The predicted molar refractivity (Wildman–Crippen MR) is 274 cm³/mol. The minimum absolute atomic E-state index is 0.0706. The Kier molecular flexibility index (Phi) is 52.4. The third kappa shape index (κ3) is 52.4. The Balaban J connectivity index is 3.43. The van der Waals surface area contributed by atoms with E-state index in [1.807, 2.05) is 0 Å². The van der Waals surface area contributed by atoms with Gasteiger partial charge >= 0.3 is 11.9 Å². The quantitative estimate of drug-likeness (QED) is 0.0374. The molecule has 0 aromatic carbocycles. The van der Waals surface area contributed by atoms with Crippen molar-refractivity contribution in [2.45, 2.75) is 296 Å². The van der Waals surface area contributed by atoms with Gasteiger partial charge in [-0.3, -0.25) is 9.59 Å². The van der Waals surface area contributed by atoms with Gasteiger partial charge in [0.25, 0.3) is 0 Å². The molecule has 0 aromatic rings. The van der Waals surface area contributed by atoms with Crippen LogP contribution < -0.4 is 0 Å². The van der Waals surface area contributed by atoms with E-state index in [1.54, 1.807) is 0 Å². The van der Waals surface area contributed by atoms with Gasteiger partial charge in [0.05, 0.1) is 6.61 Å². The van der Waals surface area contributed by atoms with Crippen LogP contribution in [-0.2, 0) is 19.1 Å². The molecule has 5 nitrogen and oxygen atoms in total. The number of unbranched alkanes of at least 4 members (excludes halogenated alkanes) is 35. The molecule has 0 rings (SSSR count). The van der Waals surface area contributed by atoms with Crippen LogP contribution in [0.25, 0.3) is 0 Å². The molecule has 0 bridgehead atoms. The second-order valence-corrected chi connectivity index (χ2v) is 18.7. The van der Waals surface area contributed by atoms with Crippen molar-refractivity contribution in [3.05, 3.63) is 48.6 Å². The van der Waals surface area contributed by atoms with Crippen LogP contribution in [0.3, 0.4) is 0 Å². The molecule has 0 fully saturated rings. The van der Waals surface area contributed by atoms with Gasteiger partial charge in [-0.15, -0.1) is 0 Å². The van der Waals surface area contributed by atoms with Crippen molar-refractivity contribution in [1.82, 2.24) is 0 Å². The number of esters is 2. The number of aliphatic hydroxyl groups excluding tert-OH is 1. The summed E-state index contributed by atoms with van der Waals surface area (Å²) in [5, 5.41) is 9.63. The summed E-state index contributed by atoms with van der Waals surface area (Å²) in [5.74, 6) is -0.595. The van der Waals surface area contributed by atoms with Gasteiger partial charge < -0.3 is 14.6 Å². The van der Waals surface area contributed by atoms with E-state index in [4.69, 9.17) is 9.47 Å². The number of carbonyl (C=O) groups excluding carboxylic acids is 2. The fourth-order valence-electron chi connectivity index (χ4n) is 8.15. The maximum Gasteiger partial charge on any atom is 0.306 e. The second-order valence-electron chi connectivity index (χ2n) is 18.7. The van der Waals surface area contributed by atoms with Gasteiger partial charge in [-0.2, -0.15) is 0 Å². The van der Waals surface area contributed by atoms with Crippen molar-refractivity contribution in [3.8, 4) is 0 Å². The molecule has 63 heavy (non-hydrogen) atoms. The zero-order valence-electron chi connectivity index (χ0n) is 42.1. The van der Waals surface area contributed by atoms with Gasteiger partial charge in [-0.25, -0.2) is 0 Å². The monoisotopic (exact) mass is 883 g/mol. The van der Waals surface area contributed by atoms with E-state index < -0.39 is 6.10 Å². The molecule has 0 amide bonds. The third-order valence-corrected chi connectivity index (χ3v) is 12.3. The molecule has 0 spiro atoms. The molecule has 1 unspecified atom stereocenters. The Hall–Kier alpha value is -2.14. The fraction of sp³-hybridized carbons (Fsp3) is 0.828. The van der Waals surface area contributed by atoms with Gasteiger partial charge in [0.2, 0.25) is 0 Å². The van der Waals surface area contributed by atoms with Gasteiger partial charge in [-0.1, -0.05) is 249 Å². The molecular formula is C58H106O5. The van der Waals surface area contributed by atoms with E-state index in [0.717, 1.165) is 57.8 Å². The van der Waals surface area contributed by atoms with E-state index in [2.05, 4.69) is 62.5 Å². The topological polar surface area (TPSA) is 72.8 Å². The number of hydrogen-bond acceptors (Lipinski definition) is 5. The van der Waals surface area contributed by atoms with Crippen LogP contribution in [0.5, 0.6) is 0 Å². The maximum absolute atomic E-state index is 12.3. The normalized spacial score (nSPS) is 12.5. The number of rotatable bonds is 51. The first-order chi connectivity index (χ1) is 31.1. The molecule has 5 heteroatoms. The summed E-state index contributed by atoms with van der Waals surface area (Å²) in [6, 6.07) is 0. The van der Waals surface area contributed by atoms with Gasteiger partial charge in [0, 0.05) is 12.8 Å². The van der Waals surface area contributed by atoms with Crippen molar-refractivity contribution < 1.29 is 24.2 Å². The summed E-state index contributed by atoms with van der Waals surface area (Å²) in [4.78, 5) is 24.4. The molecular weight excluding hydrogens is 777 g/mol. The predicted octanol–water partition coefficient (Wildman–Crippen LogP) is 18.5. The minimum Gasteiger partial charge on any atom is -0.462 e. The number of ether oxygens (including phenoxy) is 2. The summed E-state index contributed by atoms with van der Waals surface area (Å²) >= 11 is 0. The molecule has 0 aliphatic carbocycles. The van der Waals surface area contributed by atoms with Crippen LogP contribution in [0.15, 0.2) is 48.6 Å². The Bertz CT molecular complexity index is 1040. The van der Waals surface area contributed by atoms with Crippen LogP contribution in [0.2, 0.25) is 0 Å². The molecule has 0 radical (unpaired) electrons. The van der Waals surface area contributed by atoms with Gasteiger partial charge in [0.15, 0.2) is 6.10 Å². The van der Waals surface area contributed by atoms with E-state index in [1.165, 1.54) is 205 Å². The molecule has 368 valence electrons. The highest BCUT2D eigenvalue weighted by molar-refractivity contribution is 5.70. The smallest absolute Gasteiger partial charge is 0.306 e. The first-order valence-electron chi connectivity index (χ1n) is 27.7. The number of carbonyl (C=O) groups is 2. The molecule has 0 aliphatic heterocycles. The minimum atomic E-state index is -0.776. The first-order valence-corrected chi connectivity index (χ1v) is 27.7. The first kappa shape index (κ1) is 60.9. The Morgan fingerprint density at radius 2 is 0.635 bits per heavy atom. The van der Waals surface area contributed by atoms with Crippen molar-refractivity contribution >= 4 is 11.9 Å². The van der Waals surface area contributed by atoms with E-state index in [0.29, 0.717) is 12.8 Å². The van der Waals surface area contributed by atoms with Gasteiger partial charge in [-0.05, 0) is 77.0 Å². The SMILES string of the molecule is CCCCCC/C=C\C/C=C\CCCCCCCC(=O)OCC(CO)OC(=O)CCCCCCCCCCCCCCCCCCCCCCC/C=C\C/C=C\CCCCCCC. The van der Waals surface area contributed by atoms with Crippen LogP contribution in [0, 0.1) is 0 Å². The van der Waals surface area contributed by atoms with E-state index in [9.17, 15) is 14.7 Å². The van der Waals surface area contributed by atoms with Gasteiger partial charge in [0.1, 0.15) is 6.61 Å². The number of allylic oxidation sites excluding steroid dienone is 8. The second kappa shape index (κ2) is 54.2. The summed E-state index contributed by atoms with van der Waals surface area (Å²) in [7, 11) is 0. The lowest BCUT2D eigenvalue weighted by atomic mass is 10.0. The van der Waals surface area contributed by atoms with Crippen LogP contribution in [0.4, 0.5) is 0 Å². The number of hydrogen-bond donors (Lipinski definition) is 1. The average Bonchev–Trinajstić information content (AvgIpc) is 3.29. The van der Waals surface area contributed by atoms with Crippen molar-refractivity contribution in [3.63, 3.8) is 0 Å². The average molecular weight is 883 g/mol. The van der Waals surface area contributed by atoms with Crippen molar-refractivity contribution in [2.75, 3.05) is 13.2 Å². The molecule has 0 aliphatic rings. The lowest BCUT2D eigenvalue weighted by Crippen LogP contribution is -2.28. The van der Waals surface area contributed by atoms with Crippen LogP contribution >= 0.6 is 0 Å². The summed E-state index contributed by atoms with van der Waals surface area (Å²) in [6.07, 6.45) is 70.9. The highest BCUT2D eigenvalue weighted by Crippen LogP contribution is 2.17. The zero-order valence-corrected chi connectivity index (χ0v) is 42.1. The lowest BCUT2D eigenvalue weighted by Gasteiger charge is -2.15. The van der Waals surface area contributed by atoms with Crippen LogP contribution in [0.1, 0.15) is 290 Å². The van der Waals surface area contributed by atoms with E-state index in [-0.39, 0.29) is 25.2 Å². The molecule has 1 N–H and O–H groups in total. The standard InChI is InChI=1S/C58H106O5/c1-3-5-7-9-11-13-15-17-19-21-22-23-24-25-26-27-28-29-30-31-32-33-34-35-36-37-39-41-43-45-47-49-51-53-58(61)63-56(54-59)55-62-57(60)52-50-48-46-44-42-40-38-20-18-16-14-12-10-8-6-4-2/h14-17,20-22,38,56,59H,3-13,18-19,23-37,39-55H2,1-2H3/b16-14-,17-15-,22-21-,38-20-. The molecule has 1 atom stereocenters. The summed E-state index contributed by atoms with van der Waals surface area (Å²) in [6.45, 7) is 4.13. The van der Waals surface area contributed by atoms with Crippen molar-refractivity contribution in [1.29, 1.82) is 0 Å². The molecule has 0 aromatic heterocycles. The molecule has 0 saturated carbocycles. The summed E-state index contributed by atoms with van der Waals surface area (Å²) in [5.41, 5.74) is 0. The molecule has 0 heterocycles. The third-order valence-electron chi connectivity index (χ3n) is 12.3. The zero-order chi connectivity index (χ0) is 45.6. The summed E-state index contributed by atoms with van der Waals surface area (Å²) < 4.78 is 10.7. The number of aliphatic hydroxyl groups is 1. The Morgan fingerprint density at radius 1 is 0.365 bits per heavy atom. The van der Waals surface area contributed by atoms with Crippen molar-refractivity contribution in [2.24, 2.45) is 0 Å². The Morgan fingerprint density at radius 3 is 0.952 bits per heavy atom. The fourth-order valence-corrected chi connectivity index (χ4v) is 8.15. The van der Waals surface area contributed by atoms with Crippen LogP contribution in [-0.4, -0.2) is 36.4 Å².